The van der Waals surface area contributed by atoms with Gasteiger partial charge in [0.05, 0.1) is 12.4 Å². The first-order chi connectivity index (χ1) is 9.49. The minimum Gasteiger partial charge on any atom is -0.480 e. The molecule has 1 aliphatic rings. The molecule has 2 rings (SSSR count). The number of hydrogen-bond donors (Lipinski definition) is 2. The van der Waals surface area contributed by atoms with Gasteiger partial charge in [-0.05, 0) is 28.1 Å². The fourth-order valence-electron chi connectivity index (χ4n) is 1.67. The highest BCUT2D eigenvalue weighted by Gasteiger charge is 2.34. The summed E-state index contributed by atoms with van der Waals surface area (Å²) in [6, 6.07) is 2.20. The van der Waals surface area contributed by atoms with Crippen molar-refractivity contribution in [3.63, 3.8) is 0 Å². The van der Waals surface area contributed by atoms with Crippen LogP contribution in [0.1, 0.15) is 10.6 Å². The molecule has 2 amide bonds. The van der Waals surface area contributed by atoms with Crippen LogP contribution in [-0.4, -0.2) is 52.0 Å². The third kappa shape index (κ3) is 3.34. The third-order valence-corrected chi connectivity index (χ3v) is 4.12. The van der Waals surface area contributed by atoms with Crippen LogP contribution in [0.4, 0.5) is 0 Å². The predicted octanol–water partition coefficient (Wildman–Crippen LogP) is 0.758. The van der Waals surface area contributed by atoms with E-state index in [2.05, 4.69) is 21.2 Å². The molecule has 1 fully saturated rings. The van der Waals surface area contributed by atoms with Crippen LogP contribution < -0.4 is 5.32 Å². The third-order valence-electron chi connectivity index (χ3n) is 2.68. The zero-order chi connectivity index (χ0) is 14.7. The molecule has 108 valence electrons. The van der Waals surface area contributed by atoms with E-state index in [4.69, 9.17) is 9.52 Å². The topological polar surface area (TPSA) is 99.9 Å². The summed E-state index contributed by atoms with van der Waals surface area (Å²) in [6.07, 6.45) is 0. The highest BCUT2D eigenvalue weighted by Crippen LogP contribution is 2.20. The first kappa shape index (κ1) is 14.9. The first-order valence-electron chi connectivity index (χ1n) is 5.62. The van der Waals surface area contributed by atoms with E-state index in [9.17, 15) is 14.4 Å². The lowest BCUT2D eigenvalue weighted by molar-refractivity contribution is -0.147. The van der Waals surface area contributed by atoms with E-state index in [1.54, 1.807) is 6.07 Å². The molecule has 1 aliphatic heterocycles. The summed E-state index contributed by atoms with van der Waals surface area (Å²) in [4.78, 5) is 35.8. The van der Waals surface area contributed by atoms with Crippen LogP contribution in [0, 0.1) is 0 Å². The number of carboxylic acids is 1. The van der Waals surface area contributed by atoms with Gasteiger partial charge in [-0.1, -0.05) is 0 Å². The summed E-state index contributed by atoms with van der Waals surface area (Å²) in [5.41, 5.74) is 0. The number of thioether (sulfide) groups is 1. The molecule has 2 N–H and O–H groups in total. The molecule has 0 aliphatic carbocycles. The van der Waals surface area contributed by atoms with Crippen LogP contribution in [0.3, 0.4) is 0 Å². The highest BCUT2D eigenvalue weighted by atomic mass is 79.9. The molecule has 1 aromatic rings. The fraction of sp³-hybridized carbons (Fsp3) is 0.364. The molecule has 0 aromatic carbocycles. The Hall–Kier alpha value is -1.48. The molecule has 0 radical (unpaired) electrons. The summed E-state index contributed by atoms with van der Waals surface area (Å²) in [7, 11) is 0. The van der Waals surface area contributed by atoms with Crippen molar-refractivity contribution in [1.82, 2.24) is 10.2 Å². The van der Waals surface area contributed by atoms with Crippen molar-refractivity contribution in [2.75, 3.05) is 18.2 Å². The summed E-state index contributed by atoms with van der Waals surface area (Å²) in [5.74, 6) is -1.23. The van der Waals surface area contributed by atoms with Gasteiger partial charge in [0, 0.05) is 5.75 Å². The highest BCUT2D eigenvalue weighted by molar-refractivity contribution is 9.10. The Bertz CT molecular complexity index is 547. The standard InChI is InChI=1S/C11H11BrN2O5S/c12-8-2-1-7(19-8)10(16)13-3-9(15)14-5-20-4-6(14)11(17)18/h1-2,6H,3-5H2,(H,13,16)(H,17,18). The number of carbonyl (C=O) groups is 3. The summed E-state index contributed by atoms with van der Waals surface area (Å²) in [6.45, 7) is -0.262. The molecule has 0 spiro atoms. The monoisotopic (exact) mass is 362 g/mol. The normalized spacial score (nSPS) is 18.1. The molecular weight excluding hydrogens is 352 g/mol. The quantitative estimate of drug-likeness (QED) is 0.819. The van der Waals surface area contributed by atoms with Gasteiger partial charge < -0.3 is 19.7 Å². The number of nitrogens with one attached hydrogen (secondary N) is 1. The lowest BCUT2D eigenvalue weighted by Gasteiger charge is -2.20. The number of aliphatic carboxylic acids is 1. The number of carboxylic acid groups (broad SMARTS) is 1. The second kappa shape index (κ2) is 6.31. The van der Waals surface area contributed by atoms with E-state index in [1.165, 1.54) is 22.7 Å². The molecular formula is C11H11BrN2O5S. The van der Waals surface area contributed by atoms with E-state index in [-0.39, 0.29) is 12.3 Å². The summed E-state index contributed by atoms with van der Waals surface area (Å²) < 4.78 is 5.46. The first-order valence-corrected chi connectivity index (χ1v) is 7.57. The molecule has 2 heterocycles. The SMILES string of the molecule is O=C(NCC(=O)N1CSCC1C(=O)O)c1ccc(Br)o1. The largest absolute Gasteiger partial charge is 0.480 e. The molecule has 1 unspecified atom stereocenters. The minimum atomic E-state index is -1.04. The van der Waals surface area contributed by atoms with E-state index in [1.807, 2.05) is 0 Å². The van der Waals surface area contributed by atoms with Crippen LogP contribution in [0.15, 0.2) is 21.2 Å². The lowest BCUT2D eigenvalue weighted by Crippen LogP contribution is -2.46. The smallest absolute Gasteiger partial charge is 0.327 e. The van der Waals surface area contributed by atoms with Gasteiger partial charge in [0.15, 0.2) is 10.4 Å². The van der Waals surface area contributed by atoms with Crippen molar-refractivity contribution in [2.24, 2.45) is 0 Å². The van der Waals surface area contributed by atoms with Crippen molar-refractivity contribution >= 4 is 45.5 Å². The van der Waals surface area contributed by atoms with Gasteiger partial charge in [-0.15, -0.1) is 11.8 Å². The van der Waals surface area contributed by atoms with Gasteiger partial charge in [0.25, 0.3) is 5.91 Å². The van der Waals surface area contributed by atoms with Gasteiger partial charge in [0.2, 0.25) is 5.91 Å². The van der Waals surface area contributed by atoms with Crippen LogP contribution >= 0.6 is 27.7 Å². The molecule has 20 heavy (non-hydrogen) atoms. The van der Waals surface area contributed by atoms with Crippen molar-refractivity contribution in [3.05, 3.63) is 22.6 Å². The Kier molecular flexibility index (Phi) is 4.71. The van der Waals surface area contributed by atoms with Crippen molar-refractivity contribution < 1.29 is 23.9 Å². The van der Waals surface area contributed by atoms with Gasteiger partial charge in [-0.25, -0.2) is 4.79 Å². The molecule has 1 aromatic heterocycles. The van der Waals surface area contributed by atoms with Crippen molar-refractivity contribution in [2.45, 2.75) is 6.04 Å². The molecule has 7 nitrogen and oxygen atoms in total. The Morgan fingerprint density at radius 2 is 2.25 bits per heavy atom. The van der Waals surface area contributed by atoms with Crippen LogP contribution in [0.5, 0.6) is 0 Å². The van der Waals surface area contributed by atoms with Crippen LogP contribution in [0.25, 0.3) is 0 Å². The predicted molar refractivity (Wildman–Crippen MR) is 74.3 cm³/mol. The van der Waals surface area contributed by atoms with E-state index in [0.29, 0.717) is 16.3 Å². The summed E-state index contributed by atoms with van der Waals surface area (Å²) >= 11 is 4.44. The maximum absolute atomic E-state index is 11.9. The van der Waals surface area contributed by atoms with Crippen molar-refractivity contribution in [3.8, 4) is 0 Å². The number of hydrogen-bond acceptors (Lipinski definition) is 5. The Morgan fingerprint density at radius 3 is 2.85 bits per heavy atom. The zero-order valence-corrected chi connectivity index (χ0v) is 12.6. The second-order valence-electron chi connectivity index (χ2n) is 4.00. The Labute approximate surface area is 126 Å². The number of furan rings is 1. The maximum atomic E-state index is 11.9. The average molecular weight is 363 g/mol. The maximum Gasteiger partial charge on any atom is 0.327 e. The molecule has 1 saturated heterocycles. The number of rotatable bonds is 4. The Morgan fingerprint density at radius 1 is 1.50 bits per heavy atom. The molecule has 1 atom stereocenters. The molecule has 0 bridgehead atoms. The molecule has 0 saturated carbocycles. The fourth-order valence-corrected chi connectivity index (χ4v) is 3.15. The summed E-state index contributed by atoms with van der Waals surface area (Å²) in [5, 5.41) is 11.4. The van der Waals surface area contributed by atoms with E-state index in [0.717, 1.165) is 0 Å². The molecule has 9 heteroatoms. The van der Waals surface area contributed by atoms with Gasteiger partial charge in [0.1, 0.15) is 6.04 Å². The second-order valence-corrected chi connectivity index (χ2v) is 5.79. The van der Waals surface area contributed by atoms with E-state index < -0.39 is 23.8 Å². The van der Waals surface area contributed by atoms with Gasteiger partial charge in [-0.3, -0.25) is 9.59 Å². The van der Waals surface area contributed by atoms with E-state index >= 15 is 0 Å². The number of amides is 2. The van der Waals surface area contributed by atoms with Crippen LogP contribution in [0.2, 0.25) is 0 Å². The Balaban J connectivity index is 1.89. The zero-order valence-electron chi connectivity index (χ0n) is 10.2. The number of halogens is 1. The lowest BCUT2D eigenvalue weighted by atomic mass is 10.3. The van der Waals surface area contributed by atoms with Gasteiger partial charge in [-0.2, -0.15) is 0 Å². The number of carbonyl (C=O) groups excluding carboxylic acids is 2. The number of nitrogens with zero attached hydrogens (tertiary/aromatic N) is 1. The minimum absolute atomic E-state index is 0.0789. The van der Waals surface area contributed by atoms with Gasteiger partial charge >= 0.3 is 5.97 Å². The van der Waals surface area contributed by atoms with Crippen molar-refractivity contribution in [1.29, 1.82) is 0 Å². The van der Waals surface area contributed by atoms with Crippen LogP contribution in [-0.2, 0) is 9.59 Å². The average Bonchev–Trinajstić information content (AvgIpc) is 3.03.